The van der Waals surface area contributed by atoms with Gasteiger partial charge in [-0.15, -0.1) is 0 Å². The summed E-state index contributed by atoms with van der Waals surface area (Å²) in [5.41, 5.74) is 1.38. The van der Waals surface area contributed by atoms with E-state index in [1.54, 1.807) is 30.2 Å². The molecule has 29 heavy (non-hydrogen) atoms. The fourth-order valence-electron chi connectivity index (χ4n) is 3.42. The van der Waals surface area contributed by atoms with E-state index in [1.165, 1.54) is 7.11 Å². The minimum absolute atomic E-state index is 0.0600. The van der Waals surface area contributed by atoms with Gasteiger partial charge in [0.15, 0.2) is 0 Å². The standard InChI is InChI=1S/C22H25ClN2O4/c1-28-18-7-4-16(5-8-18)14-21(26)24-10-3-11-25(13-12-24)22(27)19-15-17(23)6-9-20(19)29-2/h4-9,15H,3,10-14H2,1-2H3. The van der Waals surface area contributed by atoms with Crippen molar-refractivity contribution in [2.45, 2.75) is 12.8 Å². The minimum Gasteiger partial charge on any atom is -0.497 e. The molecule has 0 atom stereocenters. The average molecular weight is 417 g/mol. The molecule has 0 bridgehead atoms. The largest absolute Gasteiger partial charge is 0.497 e. The summed E-state index contributed by atoms with van der Waals surface area (Å²) in [6, 6.07) is 12.5. The van der Waals surface area contributed by atoms with Gasteiger partial charge in [-0.1, -0.05) is 23.7 Å². The normalized spacial score (nSPS) is 14.3. The Hall–Kier alpha value is -2.73. The smallest absolute Gasteiger partial charge is 0.257 e. The van der Waals surface area contributed by atoms with Gasteiger partial charge >= 0.3 is 0 Å². The summed E-state index contributed by atoms with van der Waals surface area (Å²) in [6.45, 7) is 2.19. The Kier molecular flexibility index (Phi) is 6.99. The monoisotopic (exact) mass is 416 g/mol. The highest BCUT2D eigenvalue weighted by Crippen LogP contribution is 2.24. The predicted molar refractivity (Wildman–Crippen MR) is 112 cm³/mol. The maximum absolute atomic E-state index is 13.0. The fourth-order valence-corrected chi connectivity index (χ4v) is 3.59. The summed E-state index contributed by atoms with van der Waals surface area (Å²) >= 11 is 6.06. The molecule has 0 aliphatic carbocycles. The molecule has 0 aromatic heterocycles. The van der Waals surface area contributed by atoms with Crippen molar-refractivity contribution < 1.29 is 19.1 Å². The molecule has 154 valence electrons. The van der Waals surface area contributed by atoms with Gasteiger partial charge in [-0.3, -0.25) is 9.59 Å². The van der Waals surface area contributed by atoms with Gasteiger partial charge in [-0.2, -0.15) is 0 Å². The zero-order valence-electron chi connectivity index (χ0n) is 16.7. The Morgan fingerprint density at radius 3 is 2.31 bits per heavy atom. The number of halogens is 1. The third kappa shape index (κ3) is 5.21. The third-order valence-corrected chi connectivity index (χ3v) is 5.28. The SMILES string of the molecule is COc1ccc(CC(=O)N2CCCN(C(=O)c3cc(Cl)ccc3OC)CC2)cc1. The molecule has 1 aliphatic heterocycles. The Bertz CT molecular complexity index is 870. The molecule has 1 fully saturated rings. The van der Waals surface area contributed by atoms with Gasteiger partial charge in [-0.05, 0) is 42.3 Å². The Labute approximate surface area is 176 Å². The van der Waals surface area contributed by atoms with Crippen LogP contribution in [0.1, 0.15) is 22.3 Å². The van der Waals surface area contributed by atoms with Crippen molar-refractivity contribution in [3.63, 3.8) is 0 Å². The van der Waals surface area contributed by atoms with Gasteiger partial charge in [-0.25, -0.2) is 0 Å². The first kappa shape index (κ1) is 21.0. The van der Waals surface area contributed by atoms with E-state index in [9.17, 15) is 9.59 Å². The summed E-state index contributed by atoms with van der Waals surface area (Å²) in [7, 11) is 3.14. The number of hydrogen-bond donors (Lipinski definition) is 0. The summed E-state index contributed by atoms with van der Waals surface area (Å²) < 4.78 is 10.5. The molecule has 3 rings (SSSR count). The van der Waals surface area contributed by atoms with Gasteiger partial charge in [0.1, 0.15) is 11.5 Å². The number of ether oxygens (including phenoxy) is 2. The number of nitrogens with zero attached hydrogens (tertiary/aromatic N) is 2. The van der Waals surface area contributed by atoms with Crippen molar-refractivity contribution >= 4 is 23.4 Å². The highest BCUT2D eigenvalue weighted by atomic mass is 35.5. The van der Waals surface area contributed by atoms with Crippen LogP contribution in [0.3, 0.4) is 0 Å². The molecule has 2 amide bonds. The fraction of sp³-hybridized carbons (Fsp3) is 0.364. The lowest BCUT2D eigenvalue weighted by Gasteiger charge is -2.23. The molecule has 0 radical (unpaired) electrons. The average Bonchev–Trinajstić information content (AvgIpc) is 3.00. The van der Waals surface area contributed by atoms with E-state index in [0.717, 1.165) is 17.7 Å². The molecule has 1 heterocycles. The molecule has 7 heteroatoms. The van der Waals surface area contributed by atoms with Gasteiger partial charge in [0.2, 0.25) is 5.91 Å². The van der Waals surface area contributed by atoms with Crippen LogP contribution in [0.2, 0.25) is 5.02 Å². The number of hydrogen-bond acceptors (Lipinski definition) is 4. The zero-order chi connectivity index (χ0) is 20.8. The van der Waals surface area contributed by atoms with E-state index in [2.05, 4.69) is 0 Å². The second-order valence-electron chi connectivity index (χ2n) is 6.90. The van der Waals surface area contributed by atoms with Gasteiger partial charge in [0, 0.05) is 31.2 Å². The lowest BCUT2D eigenvalue weighted by molar-refractivity contribution is -0.130. The molecule has 2 aromatic carbocycles. The predicted octanol–water partition coefficient (Wildman–Crippen LogP) is 3.27. The number of amides is 2. The van der Waals surface area contributed by atoms with E-state index in [1.807, 2.05) is 29.2 Å². The third-order valence-electron chi connectivity index (χ3n) is 5.04. The van der Waals surface area contributed by atoms with Crippen LogP contribution in [0, 0.1) is 0 Å². The highest BCUT2D eigenvalue weighted by Gasteiger charge is 2.25. The first-order valence-corrected chi connectivity index (χ1v) is 9.93. The van der Waals surface area contributed by atoms with E-state index in [0.29, 0.717) is 48.9 Å². The van der Waals surface area contributed by atoms with E-state index in [-0.39, 0.29) is 11.8 Å². The number of methoxy groups -OCH3 is 2. The highest BCUT2D eigenvalue weighted by molar-refractivity contribution is 6.31. The van der Waals surface area contributed by atoms with Crippen LogP contribution in [-0.4, -0.2) is 62.0 Å². The van der Waals surface area contributed by atoms with Crippen molar-refractivity contribution in [1.29, 1.82) is 0 Å². The maximum atomic E-state index is 13.0. The van der Waals surface area contributed by atoms with Gasteiger partial charge in [0.25, 0.3) is 5.91 Å². The molecule has 0 N–H and O–H groups in total. The Morgan fingerprint density at radius 1 is 0.931 bits per heavy atom. The summed E-state index contributed by atoms with van der Waals surface area (Å²) in [5, 5.41) is 0.486. The molecular weight excluding hydrogens is 392 g/mol. The van der Waals surface area contributed by atoms with E-state index >= 15 is 0 Å². The molecule has 2 aromatic rings. The lowest BCUT2D eigenvalue weighted by Crippen LogP contribution is -2.38. The second-order valence-corrected chi connectivity index (χ2v) is 7.33. The Balaban J connectivity index is 1.63. The van der Waals surface area contributed by atoms with Crippen molar-refractivity contribution in [1.82, 2.24) is 9.80 Å². The zero-order valence-corrected chi connectivity index (χ0v) is 17.4. The first-order chi connectivity index (χ1) is 14.0. The maximum Gasteiger partial charge on any atom is 0.257 e. The first-order valence-electron chi connectivity index (χ1n) is 9.55. The van der Waals surface area contributed by atoms with Crippen molar-refractivity contribution in [2.75, 3.05) is 40.4 Å². The number of carbonyl (C=O) groups is 2. The van der Waals surface area contributed by atoms with E-state index in [4.69, 9.17) is 21.1 Å². The quantitative estimate of drug-likeness (QED) is 0.750. The molecule has 6 nitrogen and oxygen atoms in total. The lowest BCUT2D eigenvalue weighted by atomic mass is 10.1. The topological polar surface area (TPSA) is 59.1 Å². The molecule has 0 spiro atoms. The van der Waals surface area contributed by atoms with Crippen LogP contribution in [0.15, 0.2) is 42.5 Å². The second kappa shape index (κ2) is 9.65. The van der Waals surface area contributed by atoms with Crippen LogP contribution < -0.4 is 9.47 Å². The van der Waals surface area contributed by atoms with Crippen molar-refractivity contribution in [3.8, 4) is 11.5 Å². The van der Waals surface area contributed by atoms with Crippen molar-refractivity contribution in [2.24, 2.45) is 0 Å². The molecule has 1 aliphatic rings. The molecule has 1 saturated heterocycles. The molecule has 0 unspecified atom stereocenters. The number of carbonyl (C=O) groups excluding carboxylic acids is 2. The van der Waals surface area contributed by atoms with Crippen LogP contribution in [-0.2, 0) is 11.2 Å². The van der Waals surface area contributed by atoms with Crippen LogP contribution in [0.25, 0.3) is 0 Å². The van der Waals surface area contributed by atoms with Gasteiger partial charge < -0.3 is 19.3 Å². The summed E-state index contributed by atoms with van der Waals surface area (Å²) in [4.78, 5) is 29.3. The van der Waals surface area contributed by atoms with Crippen molar-refractivity contribution in [3.05, 3.63) is 58.6 Å². The van der Waals surface area contributed by atoms with Crippen LogP contribution in [0.5, 0.6) is 11.5 Å². The van der Waals surface area contributed by atoms with E-state index < -0.39 is 0 Å². The summed E-state index contributed by atoms with van der Waals surface area (Å²) in [5.74, 6) is 1.19. The Morgan fingerprint density at radius 2 is 1.62 bits per heavy atom. The number of benzene rings is 2. The molecule has 0 saturated carbocycles. The van der Waals surface area contributed by atoms with Gasteiger partial charge in [0.05, 0.1) is 26.2 Å². The number of rotatable bonds is 5. The molecular formula is C22H25ClN2O4. The van der Waals surface area contributed by atoms with Crippen LogP contribution >= 0.6 is 11.6 Å². The van der Waals surface area contributed by atoms with Crippen LogP contribution in [0.4, 0.5) is 0 Å². The minimum atomic E-state index is -0.131. The summed E-state index contributed by atoms with van der Waals surface area (Å²) in [6.07, 6.45) is 1.06.